The minimum Gasteiger partial charge on any atom is -0.639 e. The van der Waals surface area contributed by atoms with Crippen molar-refractivity contribution in [3.05, 3.63) is 77.1 Å². The topological polar surface area (TPSA) is 17.3 Å². The van der Waals surface area contributed by atoms with E-state index in [9.17, 15) is 0 Å². The molecule has 0 fully saturated rings. The summed E-state index contributed by atoms with van der Waals surface area (Å²) in [6.07, 6.45) is 0.117. The smallest absolute Gasteiger partial charge is 0.639 e. The van der Waals surface area contributed by atoms with Gasteiger partial charge in [-0.15, -0.1) is 6.54 Å². The third-order valence-corrected chi connectivity index (χ3v) is 2.88. The molecule has 0 aromatic heterocycles. The van der Waals surface area contributed by atoms with Gasteiger partial charge in [0.05, 0.1) is 0 Å². The molecular formula is C16H19LiN2. The molecule has 1 atom stereocenters. The van der Waals surface area contributed by atoms with E-state index in [0.29, 0.717) is 0 Å². The van der Waals surface area contributed by atoms with Crippen LogP contribution in [0.4, 0.5) is 0 Å². The van der Waals surface area contributed by atoms with E-state index in [4.69, 9.17) is 5.32 Å². The maximum atomic E-state index is 4.79. The summed E-state index contributed by atoms with van der Waals surface area (Å²) in [5, 5.41) is 4.79. The van der Waals surface area contributed by atoms with Gasteiger partial charge >= 0.3 is 18.9 Å². The fourth-order valence-corrected chi connectivity index (χ4v) is 1.97. The van der Waals surface area contributed by atoms with Crippen molar-refractivity contribution in [1.82, 2.24) is 4.90 Å². The Morgan fingerprint density at radius 2 is 1.42 bits per heavy atom. The molecule has 3 heteroatoms. The molecule has 19 heavy (non-hydrogen) atoms. The van der Waals surface area contributed by atoms with Gasteiger partial charge in [0.2, 0.25) is 0 Å². The first-order chi connectivity index (χ1) is 8.77. The van der Waals surface area contributed by atoms with Crippen LogP contribution in [0.3, 0.4) is 0 Å². The van der Waals surface area contributed by atoms with E-state index in [1.807, 2.05) is 12.1 Å². The van der Waals surface area contributed by atoms with Crippen LogP contribution in [0, 0.1) is 0 Å². The van der Waals surface area contributed by atoms with Crippen LogP contribution in [-0.4, -0.2) is 19.0 Å². The summed E-state index contributed by atoms with van der Waals surface area (Å²) in [7, 11) is 4.12. The second kappa shape index (κ2) is 8.19. The summed E-state index contributed by atoms with van der Waals surface area (Å²) < 4.78 is 0. The quantitative estimate of drug-likeness (QED) is 0.714. The molecule has 0 aliphatic rings. The van der Waals surface area contributed by atoms with Crippen molar-refractivity contribution < 1.29 is 18.9 Å². The molecule has 94 valence electrons. The third kappa shape index (κ3) is 4.85. The van der Waals surface area contributed by atoms with Crippen molar-refractivity contribution in [3.63, 3.8) is 0 Å². The first-order valence-corrected chi connectivity index (χ1v) is 6.19. The van der Waals surface area contributed by atoms with E-state index in [1.54, 1.807) is 0 Å². The molecule has 0 amide bonds. The zero-order chi connectivity index (χ0) is 12.8. The largest absolute Gasteiger partial charge is 1.00 e. The fourth-order valence-electron chi connectivity index (χ4n) is 1.97. The number of hydrogen-bond acceptors (Lipinski definition) is 1. The monoisotopic (exact) mass is 246 g/mol. The molecule has 0 saturated carbocycles. The standard InChI is InChI=1S/C16H19N2.Li/c1-18(2)16(15-11-7-4-8-12-15)17-13-14-9-5-3-6-10-14;/h3-12,16H,13H2,1-2H3;/q-1;+1. The molecule has 0 spiro atoms. The predicted octanol–water partition coefficient (Wildman–Crippen LogP) is 0.825. The molecule has 1 unspecified atom stereocenters. The maximum absolute atomic E-state index is 4.79. The Morgan fingerprint density at radius 1 is 0.895 bits per heavy atom. The SMILES string of the molecule is CN(C)C([N-]Cc1ccccc1)c1ccccc1.[Li+]. The van der Waals surface area contributed by atoms with Gasteiger partial charge < -0.3 is 10.2 Å². The zero-order valence-corrected chi connectivity index (χ0v) is 12.0. The Morgan fingerprint density at radius 3 is 1.95 bits per heavy atom. The summed E-state index contributed by atoms with van der Waals surface area (Å²) >= 11 is 0. The predicted molar refractivity (Wildman–Crippen MR) is 76.4 cm³/mol. The van der Waals surface area contributed by atoms with Gasteiger partial charge in [-0.2, -0.15) is 0 Å². The van der Waals surface area contributed by atoms with Crippen LogP contribution >= 0.6 is 0 Å². The van der Waals surface area contributed by atoms with Crippen molar-refractivity contribution in [1.29, 1.82) is 0 Å². The molecule has 0 heterocycles. The Kier molecular flexibility index (Phi) is 6.90. The second-order valence-corrected chi connectivity index (χ2v) is 4.57. The molecule has 0 radical (unpaired) electrons. The van der Waals surface area contributed by atoms with E-state index in [0.717, 1.165) is 6.54 Å². The van der Waals surface area contributed by atoms with Crippen LogP contribution in [0.1, 0.15) is 17.3 Å². The Labute approximate surface area is 128 Å². The van der Waals surface area contributed by atoms with Crippen molar-refractivity contribution in [2.24, 2.45) is 0 Å². The molecule has 2 nitrogen and oxygen atoms in total. The van der Waals surface area contributed by atoms with Crippen LogP contribution in [-0.2, 0) is 6.54 Å². The van der Waals surface area contributed by atoms with Gasteiger partial charge in [0.25, 0.3) is 0 Å². The Bertz CT molecular complexity index is 457. The molecule has 0 saturated heterocycles. The van der Waals surface area contributed by atoms with Crippen molar-refractivity contribution in [3.8, 4) is 0 Å². The molecule has 0 aliphatic heterocycles. The zero-order valence-electron chi connectivity index (χ0n) is 12.0. The van der Waals surface area contributed by atoms with Gasteiger partial charge in [-0.25, -0.2) is 0 Å². The van der Waals surface area contributed by atoms with Gasteiger partial charge in [-0.05, 0) is 14.1 Å². The van der Waals surface area contributed by atoms with Crippen LogP contribution in [0.2, 0.25) is 0 Å². The van der Waals surface area contributed by atoms with E-state index in [2.05, 4.69) is 67.5 Å². The average molecular weight is 246 g/mol. The first kappa shape index (κ1) is 16.0. The van der Waals surface area contributed by atoms with Crippen LogP contribution in [0.5, 0.6) is 0 Å². The molecule has 2 aromatic rings. The summed E-state index contributed by atoms with van der Waals surface area (Å²) in [6, 6.07) is 20.8. The number of benzene rings is 2. The van der Waals surface area contributed by atoms with Gasteiger partial charge in [-0.1, -0.05) is 78.0 Å². The van der Waals surface area contributed by atoms with Gasteiger partial charge in [0.15, 0.2) is 0 Å². The molecule has 0 aliphatic carbocycles. The Hall–Kier alpha value is -1.04. The molecular weight excluding hydrogens is 227 g/mol. The van der Waals surface area contributed by atoms with Crippen molar-refractivity contribution >= 4 is 0 Å². The Balaban J connectivity index is 0.00000180. The molecule has 0 N–H and O–H groups in total. The summed E-state index contributed by atoms with van der Waals surface area (Å²) in [6.45, 7) is 0.749. The molecule has 0 bridgehead atoms. The maximum Gasteiger partial charge on any atom is 1.00 e. The van der Waals surface area contributed by atoms with E-state index in [-0.39, 0.29) is 25.0 Å². The average Bonchev–Trinajstić information content (AvgIpc) is 2.41. The number of nitrogens with zero attached hydrogens (tertiary/aromatic N) is 2. The van der Waals surface area contributed by atoms with Gasteiger partial charge in [0.1, 0.15) is 0 Å². The van der Waals surface area contributed by atoms with Crippen molar-refractivity contribution in [2.45, 2.75) is 12.7 Å². The first-order valence-electron chi connectivity index (χ1n) is 6.19. The van der Waals surface area contributed by atoms with Gasteiger partial charge in [-0.3, -0.25) is 0 Å². The van der Waals surface area contributed by atoms with Crippen LogP contribution < -0.4 is 18.9 Å². The minimum atomic E-state index is 0. The molecule has 2 rings (SSSR count). The third-order valence-electron chi connectivity index (χ3n) is 2.88. The van der Waals surface area contributed by atoms with Crippen LogP contribution in [0.15, 0.2) is 60.7 Å². The summed E-state index contributed by atoms with van der Waals surface area (Å²) in [4.78, 5) is 2.14. The summed E-state index contributed by atoms with van der Waals surface area (Å²) in [5.74, 6) is 0. The number of rotatable bonds is 5. The molecule has 2 aromatic carbocycles. The minimum absolute atomic E-state index is 0. The number of hydrogen-bond donors (Lipinski definition) is 0. The van der Waals surface area contributed by atoms with E-state index >= 15 is 0 Å². The van der Waals surface area contributed by atoms with E-state index < -0.39 is 0 Å². The second-order valence-electron chi connectivity index (χ2n) is 4.57. The van der Waals surface area contributed by atoms with Gasteiger partial charge in [0, 0.05) is 0 Å². The van der Waals surface area contributed by atoms with Crippen LogP contribution in [0.25, 0.3) is 5.32 Å². The van der Waals surface area contributed by atoms with Crippen molar-refractivity contribution in [2.75, 3.05) is 14.1 Å². The fraction of sp³-hybridized carbons (Fsp3) is 0.250. The normalized spacial score (nSPS) is 11.9. The summed E-state index contributed by atoms with van der Waals surface area (Å²) in [5.41, 5.74) is 2.48. The van der Waals surface area contributed by atoms with E-state index in [1.165, 1.54) is 11.1 Å².